The van der Waals surface area contributed by atoms with Crippen LogP contribution in [0.2, 0.25) is 0 Å². The van der Waals surface area contributed by atoms with Crippen molar-refractivity contribution in [3.63, 3.8) is 0 Å². The van der Waals surface area contributed by atoms with E-state index in [2.05, 4.69) is 20.8 Å². The molecular formula is C14H23O2-. The fourth-order valence-electron chi connectivity index (χ4n) is 2.98. The van der Waals surface area contributed by atoms with E-state index in [1.807, 2.05) is 0 Å². The van der Waals surface area contributed by atoms with Gasteiger partial charge in [-0.1, -0.05) is 45.6 Å². The van der Waals surface area contributed by atoms with Crippen molar-refractivity contribution in [3.8, 4) is 0 Å². The molecule has 16 heavy (non-hydrogen) atoms. The monoisotopic (exact) mass is 223 g/mol. The lowest BCUT2D eigenvalue weighted by Gasteiger charge is -2.35. The van der Waals surface area contributed by atoms with Gasteiger partial charge < -0.3 is 9.90 Å². The number of rotatable bonds is 2. The summed E-state index contributed by atoms with van der Waals surface area (Å²) in [5.74, 6) is -0.554. The molecule has 1 saturated carbocycles. The second-order valence-corrected chi connectivity index (χ2v) is 5.91. The highest BCUT2D eigenvalue weighted by molar-refractivity contribution is 5.85. The second-order valence-electron chi connectivity index (χ2n) is 5.91. The van der Waals surface area contributed by atoms with Crippen molar-refractivity contribution in [2.45, 2.75) is 59.8 Å². The molecule has 0 spiro atoms. The van der Waals surface area contributed by atoms with Crippen molar-refractivity contribution >= 4 is 5.97 Å². The van der Waals surface area contributed by atoms with Crippen LogP contribution in [0.15, 0.2) is 11.1 Å². The zero-order valence-corrected chi connectivity index (χ0v) is 10.9. The van der Waals surface area contributed by atoms with E-state index in [1.165, 1.54) is 19.3 Å². The Balaban J connectivity index is 3.05. The van der Waals surface area contributed by atoms with Gasteiger partial charge in [-0.2, -0.15) is 0 Å². The molecule has 0 atom stereocenters. The molecule has 92 valence electrons. The summed E-state index contributed by atoms with van der Waals surface area (Å²) in [5, 5.41) is 11.1. The number of carboxylic acids is 1. The molecule has 0 bridgehead atoms. The minimum absolute atomic E-state index is 0.0633. The van der Waals surface area contributed by atoms with E-state index in [9.17, 15) is 9.90 Å². The minimum Gasteiger partial charge on any atom is -0.545 e. The molecule has 1 fully saturated rings. The van der Waals surface area contributed by atoms with Crippen molar-refractivity contribution < 1.29 is 9.90 Å². The van der Waals surface area contributed by atoms with Gasteiger partial charge in [0.1, 0.15) is 0 Å². The van der Waals surface area contributed by atoms with Gasteiger partial charge in [-0.15, -0.1) is 0 Å². The van der Waals surface area contributed by atoms with Gasteiger partial charge in [0.15, 0.2) is 0 Å². The van der Waals surface area contributed by atoms with E-state index in [0.29, 0.717) is 11.5 Å². The molecule has 0 N–H and O–H groups in total. The summed E-state index contributed by atoms with van der Waals surface area (Å²) < 4.78 is 0. The van der Waals surface area contributed by atoms with Crippen molar-refractivity contribution in [1.82, 2.24) is 0 Å². The summed E-state index contributed by atoms with van der Waals surface area (Å²) in [5.41, 5.74) is 1.50. The quantitative estimate of drug-likeness (QED) is 0.675. The second kappa shape index (κ2) is 5.03. The summed E-state index contributed by atoms with van der Waals surface area (Å²) in [4.78, 5) is 11.1. The van der Waals surface area contributed by atoms with Crippen molar-refractivity contribution in [3.05, 3.63) is 11.1 Å². The average molecular weight is 223 g/mol. The zero-order valence-electron chi connectivity index (χ0n) is 10.9. The molecule has 2 heteroatoms. The van der Waals surface area contributed by atoms with Gasteiger partial charge in [0.05, 0.1) is 5.97 Å². The fourth-order valence-corrected chi connectivity index (χ4v) is 2.98. The molecule has 0 heterocycles. The largest absolute Gasteiger partial charge is 0.545 e. The lowest BCUT2D eigenvalue weighted by atomic mass is 9.71. The molecule has 0 amide bonds. The molecular weight excluding hydrogens is 200 g/mol. The van der Waals surface area contributed by atoms with Gasteiger partial charge in [0, 0.05) is 0 Å². The number of allylic oxidation sites excluding steroid dienone is 1. The maximum atomic E-state index is 11.1. The van der Waals surface area contributed by atoms with Crippen LogP contribution < -0.4 is 5.11 Å². The van der Waals surface area contributed by atoms with Crippen LogP contribution in [-0.2, 0) is 4.79 Å². The number of hydrogen-bond donors (Lipinski definition) is 0. The Morgan fingerprint density at radius 2 is 1.62 bits per heavy atom. The van der Waals surface area contributed by atoms with Crippen molar-refractivity contribution in [1.29, 1.82) is 0 Å². The Morgan fingerprint density at radius 3 is 2.00 bits per heavy atom. The Hall–Kier alpha value is -0.790. The van der Waals surface area contributed by atoms with E-state index in [-0.39, 0.29) is 5.41 Å². The van der Waals surface area contributed by atoms with E-state index < -0.39 is 5.97 Å². The highest BCUT2D eigenvalue weighted by atomic mass is 16.4. The normalized spacial score (nSPS) is 20.5. The summed E-state index contributed by atoms with van der Waals surface area (Å²) in [6.07, 6.45) is 6.02. The third-order valence-electron chi connectivity index (χ3n) is 3.53. The fraction of sp³-hybridized carbons (Fsp3) is 0.786. The highest BCUT2D eigenvalue weighted by Crippen LogP contribution is 2.40. The van der Waals surface area contributed by atoms with Crippen LogP contribution in [0.25, 0.3) is 0 Å². The van der Waals surface area contributed by atoms with Crippen LogP contribution in [0, 0.1) is 11.3 Å². The van der Waals surface area contributed by atoms with Crippen LogP contribution in [0.3, 0.4) is 0 Å². The lowest BCUT2D eigenvalue weighted by molar-refractivity contribution is -0.299. The Morgan fingerprint density at radius 1 is 1.12 bits per heavy atom. The van der Waals surface area contributed by atoms with Crippen molar-refractivity contribution in [2.24, 2.45) is 11.3 Å². The van der Waals surface area contributed by atoms with Gasteiger partial charge >= 0.3 is 0 Å². The van der Waals surface area contributed by atoms with E-state index >= 15 is 0 Å². The summed E-state index contributed by atoms with van der Waals surface area (Å²) in [7, 11) is 0. The van der Waals surface area contributed by atoms with Crippen molar-refractivity contribution in [2.75, 3.05) is 0 Å². The molecule has 0 aromatic heterocycles. The molecule has 1 rings (SSSR count). The summed E-state index contributed by atoms with van der Waals surface area (Å²) in [6.45, 7) is 8.00. The minimum atomic E-state index is -1.00. The van der Waals surface area contributed by atoms with Crippen LogP contribution in [0.5, 0.6) is 0 Å². The maximum absolute atomic E-state index is 11.1. The lowest BCUT2D eigenvalue weighted by Crippen LogP contribution is -2.30. The zero-order chi connectivity index (χ0) is 12.3. The Bertz CT molecular complexity index is 288. The first-order valence-corrected chi connectivity index (χ1v) is 6.26. The topological polar surface area (TPSA) is 40.1 Å². The third kappa shape index (κ3) is 3.10. The molecule has 1 aliphatic carbocycles. The van der Waals surface area contributed by atoms with Crippen LogP contribution in [0.4, 0.5) is 0 Å². The smallest absolute Gasteiger partial charge is 0.0671 e. The third-order valence-corrected chi connectivity index (χ3v) is 3.53. The predicted molar refractivity (Wildman–Crippen MR) is 63.7 cm³/mol. The molecule has 0 radical (unpaired) electrons. The molecule has 0 saturated heterocycles. The number of carbonyl (C=O) groups is 1. The molecule has 1 aliphatic rings. The van der Waals surface area contributed by atoms with Gasteiger partial charge in [0.25, 0.3) is 0 Å². The predicted octanol–water partition coefficient (Wildman–Crippen LogP) is 2.68. The first-order chi connectivity index (χ1) is 7.34. The molecule has 2 nitrogen and oxygen atoms in total. The van der Waals surface area contributed by atoms with Gasteiger partial charge in [-0.3, -0.25) is 0 Å². The van der Waals surface area contributed by atoms with E-state index in [0.717, 1.165) is 18.4 Å². The number of carboxylic acid groups (broad SMARTS) is 1. The van der Waals surface area contributed by atoms with E-state index in [1.54, 1.807) is 6.92 Å². The summed E-state index contributed by atoms with van der Waals surface area (Å²) in [6, 6.07) is 0. The van der Waals surface area contributed by atoms with Gasteiger partial charge in [-0.25, -0.2) is 0 Å². The number of aliphatic carboxylic acids is 1. The van der Waals surface area contributed by atoms with Gasteiger partial charge in [0.2, 0.25) is 0 Å². The van der Waals surface area contributed by atoms with E-state index in [4.69, 9.17) is 0 Å². The number of carbonyl (C=O) groups excluding carboxylic acids is 1. The summed E-state index contributed by atoms with van der Waals surface area (Å²) >= 11 is 0. The maximum Gasteiger partial charge on any atom is 0.0671 e. The standard InChI is InChI=1S/C14H24O2/c1-10(13(15)16)12(14(2,3)4)11-8-6-5-7-9-11/h11H,5-9H2,1-4H3,(H,15,16)/p-1/b12-10+. The van der Waals surface area contributed by atoms with Crippen LogP contribution in [0.1, 0.15) is 59.8 Å². The number of hydrogen-bond acceptors (Lipinski definition) is 2. The SMILES string of the molecule is C/C(C(=O)[O-])=C(/C1CCCCC1)C(C)(C)C. The van der Waals surface area contributed by atoms with Gasteiger partial charge in [-0.05, 0) is 36.7 Å². The van der Waals surface area contributed by atoms with Crippen LogP contribution >= 0.6 is 0 Å². The highest BCUT2D eigenvalue weighted by Gasteiger charge is 2.28. The molecule has 0 aromatic rings. The Labute approximate surface area is 98.7 Å². The first-order valence-electron chi connectivity index (χ1n) is 6.26. The van der Waals surface area contributed by atoms with Crippen LogP contribution in [-0.4, -0.2) is 5.97 Å². The first kappa shape index (κ1) is 13.3. The molecule has 0 aliphatic heterocycles. The molecule has 0 aromatic carbocycles. The molecule has 0 unspecified atom stereocenters. The Kier molecular flexibility index (Phi) is 4.17. The average Bonchev–Trinajstić information content (AvgIpc) is 2.17.